The van der Waals surface area contributed by atoms with Gasteiger partial charge in [0.05, 0.1) is 26.2 Å². The van der Waals surface area contributed by atoms with Gasteiger partial charge in [-0.15, -0.1) is 0 Å². The van der Waals surface area contributed by atoms with E-state index >= 15 is 0 Å². The van der Waals surface area contributed by atoms with Gasteiger partial charge in [0.15, 0.2) is 12.0 Å². The number of methoxy groups -OCH3 is 1. The molecule has 210 valence electrons. The number of esters is 1. The molecule has 1 aromatic carbocycles. The highest BCUT2D eigenvalue weighted by molar-refractivity contribution is 8.09. The van der Waals surface area contributed by atoms with E-state index in [1.807, 2.05) is 0 Å². The summed E-state index contributed by atoms with van der Waals surface area (Å²) >= 11 is 5.67. The van der Waals surface area contributed by atoms with Crippen molar-refractivity contribution < 1.29 is 47.9 Å². The number of amides is 1. The lowest BCUT2D eigenvalue weighted by atomic mass is 9.95. The zero-order valence-electron chi connectivity index (χ0n) is 21.7. The van der Waals surface area contributed by atoms with Crippen molar-refractivity contribution >= 4 is 36.1 Å². The normalized spacial score (nSPS) is 27.8. The molecular weight excluding hydrogens is 539 g/mol. The quantitative estimate of drug-likeness (QED) is 0.200. The summed E-state index contributed by atoms with van der Waals surface area (Å²) in [6.45, 7) is 2.44. The molecule has 0 aromatic heterocycles. The Kier molecular flexibility index (Phi) is 9.69. The number of carbonyl (C=O) groups excluding carboxylic acids is 3. The average Bonchev–Trinajstić information content (AvgIpc) is 3.06. The van der Waals surface area contributed by atoms with Crippen LogP contribution in [0.25, 0.3) is 0 Å². The second kappa shape index (κ2) is 12.2. The van der Waals surface area contributed by atoms with Crippen LogP contribution in [0.4, 0.5) is 0 Å². The molecule has 12 nitrogen and oxygen atoms in total. The molecule has 2 aliphatic rings. The molecule has 1 fully saturated rings. The first kappa shape index (κ1) is 30.2. The Morgan fingerprint density at radius 2 is 1.89 bits per heavy atom. The molecule has 0 spiro atoms. The number of hydrogen-bond donors (Lipinski definition) is 3. The van der Waals surface area contributed by atoms with Crippen molar-refractivity contribution in [3.8, 4) is 11.5 Å². The fraction of sp³-hybridized carbons (Fsp3) is 0.542. The molecule has 2 heterocycles. The molecule has 3 rings (SSSR count). The second-order valence-electron chi connectivity index (χ2n) is 9.35. The van der Waals surface area contributed by atoms with Gasteiger partial charge in [-0.25, -0.2) is 5.09 Å². The van der Waals surface area contributed by atoms with Crippen LogP contribution in [0, 0.1) is 0 Å². The van der Waals surface area contributed by atoms with Gasteiger partial charge in [-0.05, 0) is 69.8 Å². The molecular formula is C24H33N2O10PS. The summed E-state index contributed by atoms with van der Waals surface area (Å²) in [5, 5.41) is 24.7. The molecule has 1 unspecified atom stereocenters. The van der Waals surface area contributed by atoms with E-state index in [1.54, 1.807) is 45.0 Å². The van der Waals surface area contributed by atoms with Crippen LogP contribution in [-0.2, 0) is 40.2 Å². The van der Waals surface area contributed by atoms with Crippen LogP contribution in [-0.4, -0.2) is 82.7 Å². The highest BCUT2D eigenvalue weighted by Gasteiger charge is 2.55. The average molecular weight is 573 g/mol. The molecule has 0 radical (unpaired) electrons. The minimum Gasteiger partial charge on any atom is -0.497 e. The van der Waals surface area contributed by atoms with Gasteiger partial charge in [0.2, 0.25) is 5.91 Å². The van der Waals surface area contributed by atoms with Crippen LogP contribution < -0.4 is 14.3 Å². The zero-order valence-corrected chi connectivity index (χ0v) is 23.4. The van der Waals surface area contributed by atoms with Crippen LogP contribution >= 0.6 is 6.64 Å². The number of nitrogens with zero attached hydrogens (tertiary/aromatic N) is 1. The lowest BCUT2D eigenvalue weighted by molar-refractivity contribution is -0.158. The Morgan fingerprint density at radius 3 is 2.47 bits per heavy atom. The first-order valence-corrected chi connectivity index (χ1v) is 14.5. The Labute approximate surface area is 226 Å². The van der Waals surface area contributed by atoms with Gasteiger partial charge in [-0.2, -0.15) is 0 Å². The lowest BCUT2D eigenvalue weighted by Crippen LogP contribution is -2.54. The molecule has 1 saturated heterocycles. The number of ketones is 1. The smallest absolute Gasteiger partial charge is 0.323 e. The molecule has 1 aromatic rings. The first-order valence-electron chi connectivity index (χ1n) is 11.9. The molecule has 1 amide bonds. The van der Waals surface area contributed by atoms with Crippen molar-refractivity contribution in [1.29, 1.82) is 0 Å². The molecule has 38 heavy (non-hydrogen) atoms. The van der Waals surface area contributed by atoms with Gasteiger partial charge in [0.25, 0.3) is 0 Å². The third-order valence-electron chi connectivity index (χ3n) is 5.79. The molecule has 2 aliphatic heterocycles. The van der Waals surface area contributed by atoms with Crippen LogP contribution in [0.2, 0.25) is 0 Å². The van der Waals surface area contributed by atoms with Crippen LogP contribution in [0.3, 0.4) is 0 Å². The predicted molar refractivity (Wildman–Crippen MR) is 139 cm³/mol. The molecule has 14 heteroatoms. The topological polar surface area (TPSA) is 153 Å². The summed E-state index contributed by atoms with van der Waals surface area (Å²) in [5.41, 5.74) is -1.89. The largest absolute Gasteiger partial charge is 0.497 e. The summed E-state index contributed by atoms with van der Waals surface area (Å²) < 4.78 is 28.1. The van der Waals surface area contributed by atoms with Gasteiger partial charge in [-0.3, -0.25) is 19.3 Å². The Balaban J connectivity index is 1.78. The van der Waals surface area contributed by atoms with Crippen molar-refractivity contribution in [2.75, 3.05) is 13.7 Å². The van der Waals surface area contributed by atoms with E-state index in [-0.39, 0.29) is 24.9 Å². The number of allylic oxidation sites excluding steroid dienone is 1. The van der Waals surface area contributed by atoms with E-state index in [1.165, 1.54) is 26.3 Å². The Bertz CT molecular complexity index is 1110. The monoisotopic (exact) mass is 572 g/mol. The minimum atomic E-state index is -3.48. The maximum Gasteiger partial charge on any atom is 0.323 e. The van der Waals surface area contributed by atoms with Crippen LogP contribution in [0.5, 0.6) is 11.5 Å². The van der Waals surface area contributed by atoms with Crippen molar-refractivity contribution in [3.63, 3.8) is 0 Å². The van der Waals surface area contributed by atoms with E-state index in [0.717, 1.165) is 4.90 Å². The highest BCUT2D eigenvalue weighted by Crippen LogP contribution is 2.47. The number of carbonyl (C=O) groups is 3. The summed E-state index contributed by atoms with van der Waals surface area (Å²) in [5.74, 6) is -0.605. The number of aliphatic hydroxyl groups is 2. The highest BCUT2D eigenvalue weighted by atomic mass is 32.5. The number of ether oxygens (including phenoxy) is 3. The number of benzene rings is 1. The first-order chi connectivity index (χ1) is 17.8. The van der Waals surface area contributed by atoms with Gasteiger partial charge in [0.1, 0.15) is 35.3 Å². The van der Waals surface area contributed by atoms with E-state index in [2.05, 4.69) is 5.09 Å². The van der Waals surface area contributed by atoms with Gasteiger partial charge >= 0.3 is 12.6 Å². The zero-order chi connectivity index (χ0) is 28.3. The van der Waals surface area contributed by atoms with Gasteiger partial charge < -0.3 is 33.5 Å². The van der Waals surface area contributed by atoms with Crippen LogP contribution in [0.15, 0.2) is 36.5 Å². The lowest BCUT2D eigenvalue weighted by Gasteiger charge is -2.34. The van der Waals surface area contributed by atoms with Crippen molar-refractivity contribution in [2.45, 2.75) is 70.3 Å². The predicted octanol–water partition coefficient (Wildman–Crippen LogP) is 1.40. The number of hydrogen-bond acceptors (Lipinski definition) is 11. The fourth-order valence-corrected chi connectivity index (χ4v) is 6.21. The third kappa shape index (κ3) is 7.17. The SMILES string of the molecule is COc1ccc(OP(=S)(N[C@@H](C)C(=O)OC(C)C)OC[C@H]2O[C@@H](N3C=CC(=O)CC3=O)[C@](C)(O)[C@@H]2O)cc1. The number of aliphatic hydroxyl groups excluding tert-OH is 1. The molecule has 3 N–H and O–H groups in total. The van der Waals surface area contributed by atoms with Gasteiger partial charge in [-0.1, -0.05) is 0 Å². The third-order valence-corrected chi connectivity index (χ3v) is 8.29. The standard InChI is InChI=1S/C24H33N2O10PS/c1-14(2)34-22(30)15(3)25-37(38,36-18-8-6-17(32-5)7-9-18)33-13-19-21(29)24(4,31)23(35-19)26-11-10-16(27)12-20(26)28/h6-11,14-15,19,21,23,29,31H,12-13H2,1-5H3,(H,25,38)/t15-,19+,21+,23+,24+,37?/m0/s1. The van der Waals surface area contributed by atoms with E-state index < -0.39 is 48.6 Å². The number of nitrogens with one attached hydrogen (secondary N) is 1. The number of rotatable bonds is 11. The van der Waals surface area contributed by atoms with Gasteiger partial charge in [0, 0.05) is 6.20 Å². The van der Waals surface area contributed by atoms with E-state index in [4.69, 9.17) is 35.1 Å². The molecule has 0 saturated carbocycles. The second-order valence-corrected chi connectivity index (χ2v) is 12.5. The summed E-state index contributed by atoms with van der Waals surface area (Å²) in [7, 11) is 1.52. The maximum atomic E-state index is 12.4. The Hall–Kier alpha value is -2.38. The summed E-state index contributed by atoms with van der Waals surface area (Å²) in [6, 6.07) is 5.63. The summed E-state index contributed by atoms with van der Waals surface area (Å²) in [6.07, 6.45) is -2.22. The Morgan fingerprint density at radius 1 is 1.26 bits per heavy atom. The van der Waals surface area contributed by atoms with Crippen LogP contribution in [0.1, 0.15) is 34.1 Å². The fourth-order valence-electron chi connectivity index (χ4n) is 3.79. The summed E-state index contributed by atoms with van der Waals surface area (Å²) in [4.78, 5) is 37.4. The van der Waals surface area contributed by atoms with Crippen molar-refractivity contribution in [2.24, 2.45) is 0 Å². The molecule has 0 bridgehead atoms. The van der Waals surface area contributed by atoms with Crippen molar-refractivity contribution in [1.82, 2.24) is 9.99 Å². The van der Waals surface area contributed by atoms with Crippen molar-refractivity contribution in [3.05, 3.63) is 36.5 Å². The van der Waals surface area contributed by atoms with E-state index in [0.29, 0.717) is 11.5 Å². The van der Waals surface area contributed by atoms with E-state index in [9.17, 15) is 24.6 Å². The molecule has 6 atom stereocenters. The molecule has 0 aliphatic carbocycles. The maximum absolute atomic E-state index is 12.4. The minimum absolute atomic E-state index is 0.331.